The van der Waals surface area contributed by atoms with E-state index in [0.717, 1.165) is 25.2 Å². The van der Waals surface area contributed by atoms with E-state index in [1.165, 1.54) is 16.7 Å². The first-order chi connectivity index (χ1) is 8.88. The maximum Gasteiger partial charge on any atom is 0.122 e. The van der Waals surface area contributed by atoms with Crippen molar-refractivity contribution in [1.82, 2.24) is 4.98 Å². The number of nitrogens with zero attached hydrogens (tertiary/aromatic N) is 1. The SMILES string of the molecule is CC[C@H](c1ccncc1)c1ccc2c(c1)CCO2. The number of fused-ring (bicyclic) bond motifs is 1. The summed E-state index contributed by atoms with van der Waals surface area (Å²) in [5.41, 5.74) is 4.07. The van der Waals surface area contributed by atoms with Crippen LogP contribution in [0.4, 0.5) is 0 Å². The van der Waals surface area contributed by atoms with Crippen molar-refractivity contribution in [2.75, 3.05) is 6.61 Å². The number of rotatable bonds is 3. The Hall–Kier alpha value is -1.83. The van der Waals surface area contributed by atoms with E-state index in [-0.39, 0.29) is 0 Å². The van der Waals surface area contributed by atoms with Crippen LogP contribution >= 0.6 is 0 Å². The van der Waals surface area contributed by atoms with Crippen LogP contribution in [0.1, 0.15) is 36.0 Å². The highest BCUT2D eigenvalue weighted by molar-refractivity contribution is 5.43. The van der Waals surface area contributed by atoms with Crippen LogP contribution in [-0.4, -0.2) is 11.6 Å². The first-order valence-electron chi connectivity index (χ1n) is 6.54. The Labute approximate surface area is 108 Å². The van der Waals surface area contributed by atoms with Crippen molar-refractivity contribution in [3.8, 4) is 5.75 Å². The van der Waals surface area contributed by atoms with Crippen molar-refractivity contribution in [2.45, 2.75) is 25.7 Å². The van der Waals surface area contributed by atoms with E-state index in [9.17, 15) is 0 Å². The van der Waals surface area contributed by atoms with Crippen molar-refractivity contribution >= 4 is 0 Å². The zero-order chi connectivity index (χ0) is 12.4. The summed E-state index contributed by atoms with van der Waals surface area (Å²) in [6.07, 6.45) is 5.88. The van der Waals surface area contributed by atoms with Gasteiger partial charge in [0.05, 0.1) is 6.61 Å². The van der Waals surface area contributed by atoms with Crippen LogP contribution in [0.5, 0.6) is 5.75 Å². The predicted molar refractivity (Wildman–Crippen MR) is 72.0 cm³/mol. The quantitative estimate of drug-likeness (QED) is 0.817. The summed E-state index contributed by atoms with van der Waals surface area (Å²) in [5.74, 6) is 1.52. The van der Waals surface area contributed by atoms with E-state index in [1.54, 1.807) is 0 Å². The topological polar surface area (TPSA) is 22.1 Å². The molecule has 0 N–H and O–H groups in total. The van der Waals surface area contributed by atoms with Gasteiger partial charge >= 0.3 is 0 Å². The van der Waals surface area contributed by atoms with Crippen LogP contribution in [0.3, 0.4) is 0 Å². The summed E-state index contributed by atoms with van der Waals surface area (Å²) in [5, 5.41) is 0. The number of hydrogen-bond donors (Lipinski definition) is 0. The van der Waals surface area contributed by atoms with Crippen molar-refractivity contribution in [1.29, 1.82) is 0 Å². The minimum atomic E-state index is 0.457. The highest BCUT2D eigenvalue weighted by Gasteiger charge is 2.17. The lowest BCUT2D eigenvalue weighted by Gasteiger charge is -2.16. The molecule has 18 heavy (non-hydrogen) atoms. The van der Waals surface area contributed by atoms with E-state index in [2.05, 4.69) is 42.2 Å². The molecule has 0 bridgehead atoms. The number of hydrogen-bond acceptors (Lipinski definition) is 2. The second-order valence-electron chi connectivity index (χ2n) is 4.71. The van der Waals surface area contributed by atoms with Gasteiger partial charge in [-0.3, -0.25) is 4.98 Å². The molecule has 92 valence electrons. The molecule has 1 aromatic heterocycles. The fourth-order valence-corrected chi connectivity index (χ4v) is 2.68. The third-order valence-electron chi connectivity index (χ3n) is 3.63. The molecular weight excluding hydrogens is 222 g/mol. The minimum absolute atomic E-state index is 0.457. The van der Waals surface area contributed by atoms with Gasteiger partial charge in [-0.25, -0.2) is 0 Å². The lowest BCUT2D eigenvalue weighted by molar-refractivity contribution is 0.357. The second-order valence-corrected chi connectivity index (χ2v) is 4.71. The van der Waals surface area contributed by atoms with Gasteiger partial charge in [-0.2, -0.15) is 0 Å². The Morgan fingerprint density at radius 2 is 2.00 bits per heavy atom. The third kappa shape index (κ3) is 1.99. The summed E-state index contributed by atoms with van der Waals surface area (Å²) < 4.78 is 5.56. The normalized spacial score (nSPS) is 14.9. The van der Waals surface area contributed by atoms with Gasteiger partial charge in [-0.15, -0.1) is 0 Å². The van der Waals surface area contributed by atoms with Gasteiger partial charge in [0.25, 0.3) is 0 Å². The molecule has 0 saturated heterocycles. The average molecular weight is 239 g/mol. The van der Waals surface area contributed by atoms with Crippen LogP contribution in [-0.2, 0) is 6.42 Å². The molecule has 0 spiro atoms. The number of aromatic nitrogens is 1. The molecule has 2 aromatic rings. The molecule has 2 heterocycles. The largest absolute Gasteiger partial charge is 0.493 e. The zero-order valence-electron chi connectivity index (χ0n) is 10.6. The molecule has 0 saturated carbocycles. The Bertz CT molecular complexity index is 536. The molecule has 1 aliphatic heterocycles. The van der Waals surface area contributed by atoms with E-state index in [4.69, 9.17) is 4.74 Å². The summed E-state index contributed by atoms with van der Waals surface area (Å²) in [6.45, 7) is 3.06. The van der Waals surface area contributed by atoms with E-state index < -0.39 is 0 Å². The van der Waals surface area contributed by atoms with E-state index in [1.807, 2.05) is 12.4 Å². The lowest BCUT2D eigenvalue weighted by Crippen LogP contribution is -2.00. The van der Waals surface area contributed by atoms with E-state index >= 15 is 0 Å². The lowest BCUT2D eigenvalue weighted by atomic mass is 9.88. The van der Waals surface area contributed by atoms with Crippen molar-refractivity contribution in [2.24, 2.45) is 0 Å². The monoisotopic (exact) mass is 239 g/mol. The highest BCUT2D eigenvalue weighted by atomic mass is 16.5. The molecular formula is C16H17NO. The van der Waals surface area contributed by atoms with Gasteiger partial charge in [0.2, 0.25) is 0 Å². The van der Waals surface area contributed by atoms with Gasteiger partial charge in [-0.05, 0) is 41.3 Å². The maximum absolute atomic E-state index is 5.56. The summed E-state index contributed by atoms with van der Waals surface area (Å²) in [7, 11) is 0. The molecule has 0 unspecified atom stereocenters. The van der Waals surface area contributed by atoms with Crippen LogP contribution in [0.2, 0.25) is 0 Å². The molecule has 1 atom stereocenters. The molecule has 0 amide bonds. The molecule has 2 nitrogen and oxygen atoms in total. The Balaban J connectivity index is 1.97. The molecule has 0 fully saturated rings. The predicted octanol–water partition coefficient (Wildman–Crippen LogP) is 3.56. The zero-order valence-corrected chi connectivity index (χ0v) is 10.6. The molecule has 2 heteroatoms. The first kappa shape index (κ1) is 11.3. The van der Waals surface area contributed by atoms with Crippen molar-refractivity contribution in [3.63, 3.8) is 0 Å². The second kappa shape index (κ2) is 4.81. The minimum Gasteiger partial charge on any atom is -0.493 e. The third-order valence-corrected chi connectivity index (χ3v) is 3.63. The molecule has 3 rings (SSSR count). The van der Waals surface area contributed by atoms with E-state index in [0.29, 0.717) is 5.92 Å². The average Bonchev–Trinajstić information content (AvgIpc) is 2.88. The Morgan fingerprint density at radius 3 is 2.78 bits per heavy atom. The first-order valence-corrected chi connectivity index (χ1v) is 6.54. The number of pyridine rings is 1. The molecule has 1 aliphatic rings. The standard InChI is InChI=1S/C16H17NO/c1-2-15(12-5-8-17-9-6-12)13-3-4-16-14(11-13)7-10-18-16/h3-6,8-9,11,15H,2,7,10H2,1H3/t15-/m1/s1. The summed E-state index contributed by atoms with van der Waals surface area (Å²) in [6, 6.07) is 10.8. The summed E-state index contributed by atoms with van der Waals surface area (Å²) in [4.78, 5) is 4.09. The molecule has 0 aliphatic carbocycles. The maximum atomic E-state index is 5.56. The number of benzene rings is 1. The van der Waals surface area contributed by atoms with Crippen molar-refractivity contribution < 1.29 is 4.74 Å². The smallest absolute Gasteiger partial charge is 0.122 e. The van der Waals surface area contributed by atoms with Gasteiger partial charge in [0.1, 0.15) is 5.75 Å². The van der Waals surface area contributed by atoms with Crippen molar-refractivity contribution in [3.05, 3.63) is 59.4 Å². The number of ether oxygens (including phenoxy) is 1. The van der Waals surface area contributed by atoms with Gasteiger partial charge < -0.3 is 4.74 Å². The van der Waals surface area contributed by atoms with Gasteiger partial charge in [0.15, 0.2) is 0 Å². The van der Waals surface area contributed by atoms with Gasteiger partial charge in [-0.1, -0.05) is 19.1 Å². The summed E-state index contributed by atoms with van der Waals surface area (Å²) >= 11 is 0. The highest BCUT2D eigenvalue weighted by Crippen LogP contribution is 2.33. The molecule has 1 aromatic carbocycles. The Kier molecular flexibility index (Phi) is 3.01. The fourth-order valence-electron chi connectivity index (χ4n) is 2.68. The fraction of sp³-hybridized carbons (Fsp3) is 0.312. The van der Waals surface area contributed by atoms with Crippen LogP contribution in [0.15, 0.2) is 42.7 Å². The van der Waals surface area contributed by atoms with Crippen LogP contribution < -0.4 is 4.74 Å². The van der Waals surface area contributed by atoms with Gasteiger partial charge in [0, 0.05) is 24.7 Å². The molecule has 0 radical (unpaired) electrons. The van der Waals surface area contributed by atoms with Crippen LogP contribution in [0, 0.1) is 0 Å². The Morgan fingerprint density at radius 1 is 1.17 bits per heavy atom. The van der Waals surface area contributed by atoms with Crippen LogP contribution in [0.25, 0.3) is 0 Å².